The first-order valence-corrected chi connectivity index (χ1v) is 4.44. The van der Waals surface area contributed by atoms with E-state index in [1.54, 1.807) is 13.0 Å². The van der Waals surface area contributed by atoms with E-state index in [1.807, 2.05) is 0 Å². The van der Waals surface area contributed by atoms with Gasteiger partial charge in [-0.1, -0.05) is 12.2 Å². The summed E-state index contributed by atoms with van der Waals surface area (Å²) in [6.45, 7) is 2.77. The van der Waals surface area contributed by atoms with Crippen LogP contribution in [0.3, 0.4) is 0 Å². The quantitative estimate of drug-likeness (QED) is 0.592. The van der Waals surface area contributed by atoms with E-state index in [2.05, 4.69) is 4.74 Å². The summed E-state index contributed by atoms with van der Waals surface area (Å²) >= 11 is 0. The van der Waals surface area contributed by atoms with Crippen LogP contribution in [-0.2, 0) is 14.3 Å². The molecule has 1 atom stereocenters. The van der Waals surface area contributed by atoms with Crippen molar-refractivity contribution in [1.29, 1.82) is 0 Å². The molecular formula is C9H12F3NO3. The molecule has 16 heavy (non-hydrogen) atoms. The van der Waals surface area contributed by atoms with E-state index >= 15 is 0 Å². The molecular weight excluding hydrogens is 227 g/mol. The summed E-state index contributed by atoms with van der Waals surface area (Å²) in [5.74, 6) is -3.08. The van der Waals surface area contributed by atoms with Crippen molar-refractivity contribution in [3.05, 3.63) is 12.2 Å². The number of ether oxygens (including phenoxy) is 1. The minimum Gasteiger partial charge on any atom is -0.460 e. The largest absolute Gasteiger partial charge is 0.471 e. The minimum atomic E-state index is -5.00. The maximum absolute atomic E-state index is 11.8. The zero-order valence-electron chi connectivity index (χ0n) is 8.80. The van der Waals surface area contributed by atoms with Crippen molar-refractivity contribution in [2.24, 2.45) is 0 Å². The Morgan fingerprint density at radius 3 is 2.44 bits per heavy atom. The first-order chi connectivity index (χ1) is 7.29. The number of hydrogen-bond donors (Lipinski definition) is 1. The summed E-state index contributed by atoms with van der Waals surface area (Å²) < 4.78 is 40.0. The van der Waals surface area contributed by atoms with Gasteiger partial charge in [-0.2, -0.15) is 13.2 Å². The van der Waals surface area contributed by atoms with Gasteiger partial charge in [0.2, 0.25) is 0 Å². The lowest BCUT2D eigenvalue weighted by Gasteiger charge is -2.13. The van der Waals surface area contributed by atoms with Crippen LogP contribution < -0.4 is 5.32 Å². The monoisotopic (exact) mass is 239 g/mol. The van der Waals surface area contributed by atoms with E-state index in [4.69, 9.17) is 0 Å². The molecule has 0 aliphatic rings. The Morgan fingerprint density at radius 2 is 2.00 bits per heavy atom. The summed E-state index contributed by atoms with van der Waals surface area (Å²) in [5, 5.41) is 1.48. The third-order valence-corrected chi connectivity index (χ3v) is 1.52. The molecule has 0 fully saturated rings. The van der Waals surface area contributed by atoms with Gasteiger partial charge in [0.15, 0.2) is 0 Å². The number of hydrogen-bond acceptors (Lipinski definition) is 3. The number of carbonyl (C=O) groups is 2. The van der Waals surface area contributed by atoms with Gasteiger partial charge in [-0.3, -0.25) is 4.79 Å². The molecule has 92 valence electrons. The molecule has 0 rings (SSSR count). The van der Waals surface area contributed by atoms with Crippen LogP contribution in [0.4, 0.5) is 13.2 Å². The van der Waals surface area contributed by atoms with Gasteiger partial charge < -0.3 is 10.1 Å². The Balaban J connectivity index is 4.11. The molecule has 0 saturated carbocycles. The Labute approximate surface area is 90.5 Å². The summed E-state index contributed by atoms with van der Waals surface area (Å²) in [5.41, 5.74) is 0. The Bertz CT molecular complexity index is 286. The third-order valence-electron chi connectivity index (χ3n) is 1.52. The molecule has 0 aromatic rings. The zero-order chi connectivity index (χ0) is 12.8. The van der Waals surface area contributed by atoms with Crippen LogP contribution in [0, 0.1) is 0 Å². The molecule has 0 heterocycles. The molecule has 0 radical (unpaired) electrons. The van der Waals surface area contributed by atoms with Crippen LogP contribution in [0.5, 0.6) is 0 Å². The maximum Gasteiger partial charge on any atom is 0.471 e. The molecule has 7 heteroatoms. The van der Waals surface area contributed by atoms with Crippen molar-refractivity contribution in [2.45, 2.75) is 26.1 Å². The molecule has 0 aromatic heterocycles. The summed E-state index contributed by atoms with van der Waals surface area (Å²) in [7, 11) is 0. The zero-order valence-corrected chi connectivity index (χ0v) is 8.80. The first-order valence-electron chi connectivity index (χ1n) is 4.44. The second kappa shape index (κ2) is 6.14. The number of alkyl halides is 3. The van der Waals surface area contributed by atoms with Crippen LogP contribution >= 0.6 is 0 Å². The number of nitrogens with one attached hydrogen (secondary N) is 1. The molecule has 0 aromatic carbocycles. The molecule has 0 aliphatic heterocycles. The molecule has 1 unspecified atom stereocenters. The molecule has 1 N–H and O–H groups in total. The number of amides is 1. The highest BCUT2D eigenvalue weighted by molar-refractivity contribution is 5.87. The topological polar surface area (TPSA) is 55.4 Å². The summed E-state index contributed by atoms with van der Waals surface area (Å²) in [6, 6.07) is -1.33. The maximum atomic E-state index is 11.8. The normalized spacial score (nSPS) is 13.6. The van der Waals surface area contributed by atoms with Gasteiger partial charge >= 0.3 is 18.1 Å². The lowest BCUT2D eigenvalue weighted by molar-refractivity contribution is -0.175. The number of rotatable bonds is 4. The molecule has 0 saturated heterocycles. The highest BCUT2D eigenvalue weighted by Crippen LogP contribution is 2.14. The van der Waals surface area contributed by atoms with Crippen molar-refractivity contribution in [2.75, 3.05) is 6.61 Å². The second-order valence-electron chi connectivity index (χ2n) is 2.89. The Hall–Kier alpha value is -1.53. The van der Waals surface area contributed by atoms with Crippen molar-refractivity contribution >= 4 is 11.9 Å². The fourth-order valence-electron chi connectivity index (χ4n) is 0.689. The van der Waals surface area contributed by atoms with E-state index in [9.17, 15) is 22.8 Å². The van der Waals surface area contributed by atoms with Gasteiger partial charge in [-0.25, -0.2) is 4.79 Å². The predicted octanol–water partition coefficient (Wildman–Crippen LogP) is 1.17. The first kappa shape index (κ1) is 14.5. The van der Waals surface area contributed by atoms with Crippen molar-refractivity contribution in [3.8, 4) is 0 Å². The lowest BCUT2D eigenvalue weighted by Crippen LogP contribution is -2.45. The molecule has 0 spiro atoms. The van der Waals surface area contributed by atoms with E-state index in [0.29, 0.717) is 0 Å². The molecule has 0 aliphatic carbocycles. The number of halogens is 3. The van der Waals surface area contributed by atoms with Gasteiger partial charge in [0.1, 0.15) is 12.6 Å². The van der Waals surface area contributed by atoms with Crippen molar-refractivity contribution < 1.29 is 27.5 Å². The highest BCUT2D eigenvalue weighted by Gasteiger charge is 2.40. The molecule has 0 bridgehead atoms. The third kappa shape index (κ3) is 5.38. The van der Waals surface area contributed by atoms with Crippen LogP contribution in [0.15, 0.2) is 12.2 Å². The van der Waals surface area contributed by atoms with Crippen LogP contribution in [-0.4, -0.2) is 30.7 Å². The number of allylic oxidation sites excluding steroid dienone is 1. The minimum absolute atomic E-state index is 0.0401. The van der Waals surface area contributed by atoms with Gasteiger partial charge in [0, 0.05) is 0 Å². The fraction of sp³-hybridized carbons (Fsp3) is 0.556. The lowest BCUT2D eigenvalue weighted by atomic mass is 10.3. The van der Waals surface area contributed by atoms with Gasteiger partial charge in [0.25, 0.3) is 0 Å². The molecule has 1 amide bonds. The SMILES string of the molecule is C/C=C/COC(=O)C(C)NC(=O)C(F)(F)F. The number of carbonyl (C=O) groups excluding carboxylic acids is 2. The fourth-order valence-corrected chi connectivity index (χ4v) is 0.689. The average molecular weight is 239 g/mol. The van der Waals surface area contributed by atoms with Crippen LogP contribution in [0.1, 0.15) is 13.8 Å². The Morgan fingerprint density at radius 1 is 1.44 bits per heavy atom. The Kier molecular flexibility index (Phi) is 5.55. The van der Waals surface area contributed by atoms with Crippen LogP contribution in [0.2, 0.25) is 0 Å². The van der Waals surface area contributed by atoms with Gasteiger partial charge in [-0.15, -0.1) is 0 Å². The van der Waals surface area contributed by atoms with Crippen molar-refractivity contribution in [3.63, 3.8) is 0 Å². The average Bonchev–Trinajstić information content (AvgIpc) is 2.16. The van der Waals surface area contributed by atoms with E-state index in [-0.39, 0.29) is 6.61 Å². The smallest absolute Gasteiger partial charge is 0.460 e. The van der Waals surface area contributed by atoms with Gasteiger partial charge in [0.05, 0.1) is 0 Å². The van der Waals surface area contributed by atoms with Crippen LogP contribution in [0.25, 0.3) is 0 Å². The second-order valence-corrected chi connectivity index (χ2v) is 2.89. The summed E-state index contributed by atoms with van der Waals surface area (Å²) in [6.07, 6.45) is -1.87. The highest BCUT2D eigenvalue weighted by atomic mass is 19.4. The standard InChI is InChI=1S/C9H12F3NO3/c1-3-4-5-16-7(14)6(2)13-8(15)9(10,11)12/h3-4,6H,5H2,1-2H3,(H,13,15)/b4-3+. The summed E-state index contributed by atoms with van der Waals surface area (Å²) in [4.78, 5) is 21.5. The van der Waals surface area contributed by atoms with Crippen molar-refractivity contribution in [1.82, 2.24) is 5.32 Å². The van der Waals surface area contributed by atoms with E-state index in [1.165, 1.54) is 11.4 Å². The molecule has 4 nitrogen and oxygen atoms in total. The predicted molar refractivity (Wildman–Crippen MR) is 49.4 cm³/mol. The van der Waals surface area contributed by atoms with Gasteiger partial charge in [-0.05, 0) is 13.8 Å². The van der Waals surface area contributed by atoms with E-state index in [0.717, 1.165) is 6.92 Å². The number of esters is 1. The van der Waals surface area contributed by atoms with E-state index < -0.39 is 24.1 Å².